The molecule has 0 bridgehead atoms. The summed E-state index contributed by atoms with van der Waals surface area (Å²) in [5, 5.41) is 5.14. The smallest absolute Gasteiger partial charge is 0.160 e. The van der Waals surface area contributed by atoms with E-state index >= 15 is 0 Å². The standard InChI is InChI=1S/C49H35N3.C12H9N/c1-49(2)42-20-9-6-17-38(42)39-28-27-36(30-43(39)49)45-31-44(50-48(51-45)34-13-4-3-5-14-34)33-25-23-32(24-26-33)35-15-12-16-37(29-35)52-46-21-10-7-18-40(46)41-19-8-11-22-47(41)52;1-3-7-11-9(5-1)10-6-2-4-8-12(10)13-11/h3-31H,1-2H3;1-8,13H. The van der Waals surface area contributed by atoms with Crippen molar-refractivity contribution in [3.05, 3.63) is 236 Å². The zero-order valence-electron chi connectivity index (χ0n) is 36.2. The monoisotopic (exact) mass is 832 g/mol. The predicted molar refractivity (Wildman–Crippen MR) is 271 cm³/mol. The molecule has 4 heteroatoms. The van der Waals surface area contributed by atoms with Gasteiger partial charge in [0.2, 0.25) is 0 Å². The molecule has 0 fully saturated rings. The van der Waals surface area contributed by atoms with Crippen molar-refractivity contribution >= 4 is 43.6 Å². The summed E-state index contributed by atoms with van der Waals surface area (Å²) in [6.45, 7) is 4.64. The van der Waals surface area contributed by atoms with Crippen LogP contribution in [0.5, 0.6) is 0 Å². The maximum absolute atomic E-state index is 5.15. The van der Waals surface area contributed by atoms with E-state index in [0.29, 0.717) is 0 Å². The lowest BCUT2D eigenvalue weighted by atomic mass is 9.82. The summed E-state index contributed by atoms with van der Waals surface area (Å²) in [6.07, 6.45) is 0. The molecule has 65 heavy (non-hydrogen) atoms. The third-order valence-electron chi connectivity index (χ3n) is 13.2. The van der Waals surface area contributed by atoms with Crippen LogP contribution < -0.4 is 0 Å². The minimum atomic E-state index is -0.0886. The first-order valence-corrected chi connectivity index (χ1v) is 22.3. The number of nitrogens with one attached hydrogen (secondary N) is 1. The van der Waals surface area contributed by atoms with Crippen molar-refractivity contribution in [2.24, 2.45) is 0 Å². The Bertz CT molecular complexity index is 3640. The molecule has 308 valence electrons. The lowest BCUT2D eigenvalue weighted by Gasteiger charge is -2.22. The highest BCUT2D eigenvalue weighted by Gasteiger charge is 2.35. The summed E-state index contributed by atoms with van der Waals surface area (Å²) in [4.78, 5) is 13.7. The average Bonchev–Trinajstić information content (AvgIpc) is 4.00. The van der Waals surface area contributed by atoms with Crippen molar-refractivity contribution in [2.75, 3.05) is 0 Å². The van der Waals surface area contributed by atoms with E-state index in [1.807, 2.05) is 18.2 Å². The normalized spacial score (nSPS) is 12.6. The number of para-hydroxylation sites is 4. The lowest BCUT2D eigenvalue weighted by Crippen LogP contribution is -2.14. The van der Waals surface area contributed by atoms with Gasteiger partial charge in [0.25, 0.3) is 0 Å². The van der Waals surface area contributed by atoms with Crippen LogP contribution in [0.3, 0.4) is 0 Å². The Balaban J connectivity index is 0.000000291. The number of rotatable bonds is 5. The predicted octanol–water partition coefficient (Wildman–Crippen LogP) is 15.9. The number of benzene rings is 9. The molecule has 4 nitrogen and oxygen atoms in total. The van der Waals surface area contributed by atoms with E-state index in [4.69, 9.17) is 9.97 Å². The Kier molecular flexibility index (Phi) is 9.13. The Morgan fingerprint density at radius 2 is 0.892 bits per heavy atom. The fourth-order valence-electron chi connectivity index (χ4n) is 9.98. The number of aromatic amines is 1. The Morgan fingerprint density at radius 1 is 0.369 bits per heavy atom. The average molecular weight is 833 g/mol. The molecule has 1 aliphatic carbocycles. The van der Waals surface area contributed by atoms with E-state index in [9.17, 15) is 0 Å². The molecule has 3 heterocycles. The summed E-state index contributed by atoms with van der Waals surface area (Å²) >= 11 is 0. The van der Waals surface area contributed by atoms with Crippen molar-refractivity contribution < 1.29 is 0 Å². The molecule has 0 aliphatic heterocycles. The SMILES string of the molecule is CC1(C)c2ccccc2-c2ccc(-c3cc(-c4ccc(-c5cccc(-n6c7ccccc7c7ccccc76)c5)cc4)nc(-c4ccccc4)n3)cc21.c1ccc2c(c1)[nH]c1ccccc12. The fraction of sp³-hybridized carbons (Fsp3) is 0.0492. The molecule has 0 amide bonds. The van der Waals surface area contributed by atoms with Crippen LogP contribution in [-0.4, -0.2) is 19.5 Å². The molecule has 9 aromatic carbocycles. The van der Waals surface area contributed by atoms with Crippen molar-refractivity contribution in [1.82, 2.24) is 19.5 Å². The van der Waals surface area contributed by atoms with Gasteiger partial charge in [-0.05, 0) is 81.9 Å². The summed E-state index contributed by atoms with van der Waals surface area (Å²) in [7, 11) is 0. The van der Waals surface area contributed by atoms with Crippen molar-refractivity contribution in [3.8, 4) is 61.8 Å². The Morgan fingerprint density at radius 3 is 1.58 bits per heavy atom. The van der Waals surface area contributed by atoms with Gasteiger partial charge in [-0.15, -0.1) is 0 Å². The second-order valence-corrected chi connectivity index (χ2v) is 17.5. The molecule has 0 atom stereocenters. The van der Waals surface area contributed by atoms with Gasteiger partial charge in [0.15, 0.2) is 5.82 Å². The molecule has 0 saturated heterocycles. The van der Waals surface area contributed by atoms with Gasteiger partial charge in [0, 0.05) is 60.4 Å². The van der Waals surface area contributed by atoms with E-state index in [1.54, 1.807) is 0 Å². The number of nitrogens with zero attached hydrogens (tertiary/aromatic N) is 3. The molecule has 0 saturated carbocycles. The minimum absolute atomic E-state index is 0.0886. The van der Waals surface area contributed by atoms with E-state index in [-0.39, 0.29) is 5.41 Å². The number of aromatic nitrogens is 4. The molecule has 1 N–H and O–H groups in total. The molecule has 3 aromatic heterocycles. The van der Waals surface area contributed by atoms with Crippen LogP contribution in [0.15, 0.2) is 224 Å². The summed E-state index contributed by atoms with van der Waals surface area (Å²) < 4.78 is 2.37. The maximum Gasteiger partial charge on any atom is 0.160 e. The number of hydrogen-bond donors (Lipinski definition) is 1. The largest absolute Gasteiger partial charge is 0.355 e. The van der Waals surface area contributed by atoms with Crippen molar-refractivity contribution in [2.45, 2.75) is 19.3 Å². The van der Waals surface area contributed by atoms with Gasteiger partial charge in [-0.1, -0.05) is 190 Å². The third-order valence-corrected chi connectivity index (χ3v) is 13.2. The highest BCUT2D eigenvalue weighted by molar-refractivity contribution is 6.09. The van der Waals surface area contributed by atoms with Crippen LogP contribution in [0, 0.1) is 0 Å². The summed E-state index contributed by atoms with van der Waals surface area (Å²) in [5.74, 6) is 0.721. The molecule has 0 spiro atoms. The zero-order chi connectivity index (χ0) is 43.5. The lowest BCUT2D eigenvalue weighted by molar-refractivity contribution is 0.660. The van der Waals surface area contributed by atoms with E-state index in [1.165, 1.54) is 71.4 Å². The second kappa shape index (κ2) is 15.5. The van der Waals surface area contributed by atoms with Gasteiger partial charge in [-0.25, -0.2) is 9.97 Å². The van der Waals surface area contributed by atoms with Crippen molar-refractivity contribution in [3.63, 3.8) is 0 Å². The number of fused-ring (bicyclic) bond motifs is 9. The number of H-pyrrole nitrogens is 1. The molecule has 12 aromatic rings. The van der Waals surface area contributed by atoms with Gasteiger partial charge in [0.1, 0.15) is 0 Å². The molecule has 0 unspecified atom stereocenters. The molecular formula is C61H44N4. The maximum atomic E-state index is 5.15. The van der Waals surface area contributed by atoms with Crippen LogP contribution >= 0.6 is 0 Å². The third kappa shape index (κ3) is 6.61. The molecule has 13 rings (SSSR count). The van der Waals surface area contributed by atoms with Gasteiger partial charge in [0.05, 0.1) is 22.4 Å². The summed E-state index contributed by atoms with van der Waals surface area (Å²) in [6, 6.07) is 79.7. The van der Waals surface area contributed by atoms with Gasteiger partial charge >= 0.3 is 0 Å². The minimum Gasteiger partial charge on any atom is -0.355 e. The number of hydrogen-bond acceptors (Lipinski definition) is 2. The molecular weight excluding hydrogens is 789 g/mol. The highest BCUT2D eigenvalue weighted by atomic mass is 15.0. The fourth-order valence-corrected chi connectivity index (χ4v) is 9.98. The Labute approximate surface area is 378 Å². The van der Waals surface area contributed by atoms with Gasteiger partial charge in [-0.3, -0.25) is 0 Å². The summed E-state index contributed by atoms with van der Waals surface area (Å²) in [5.41, 5.74) is 18.5. The van der Waals surface area contributed by atoms with E-state index < -0.39 is 0 Å². The van der Waals surface area contributed by atoms with Crippen LogP contribution in [0.4, 0.5) is 0 Å². The quantitative estimate of drug-likeness (QED) is 0.188. The Hall–Kier alpha value is -8.34. The van der Waals surface area contributed by atoms with Crippen molar-refractivity contribution in [1.29, 1.82) is 0 Å². The first-order valence-electron chi connectivity index (χ1n) is 22.3. The topological polar surface area (TPSA) is 46.5 Å². The molecule has 0 radical (unpaired) electrons. The molecule has 1 aliphatic rings. The van der Waals surface area contributed by atoms with Gasteiger partial charge < -0.3 is 9.55 Å². The van der Waals surface area contributed by atoms with Crippen LogP contribution in [0.25, 0.3) is 105 Å². The van der Waals surface area contributed by atoms with Crippen LogP contribution in [0.2, 0.25) is 0 Å². The van der Waals surface area contributed by atoms with Gasteiger partial charge in [-0.2, -0.15) is 0 Å². The van der Waals surface area contributed by atoms with Crippen LogP contribution in [-0.2, 0) is 5.41 Å². The van der Waals surface area contributed by atoms with E-state index in [2.05, 4.69) is 230 Å². The van der Waals surface area contributed by atoms with Crippen LogP contribution in [0.1, 0.15) is 25.0 Å². The second-order valence-electron chi connectivity index (χ2n) is 17.5. The zero-order valence-corrected chi connectivity index (χ0v) is 36.2. The first-order chi connectivity index (χ1) is 32.0. The first kappa shape index (κ1) is 38.3. The highest BCUT2D eigenvalue weighted by Crippen LogP contribution is 2.49. The van der Waals surface area contributed by atoms with E-state index in [0.717, 1.165) is 45.2 Å².